The monoisotopic (exact) mass is 338 g/mol. The Kier molecular flexibility index (Phi) is 4.38. The van der Waals surface area contributed by atoms with E-state index in [2.05, 4.69) is 15.6 Å². The van der Waals surface area contributed by atoms with Gasteiger partial charge in [-0.25, -0.2) is 9.78 Å². The van der Waals surface area contributed by atoms with Crippen LogP contribution in [0.15, 0.2) is 47.4 Å². The van der Waals surface area contributed by atoms with Gasteiger partial charge in [0.05, 0.1) is 18.5 Å². The van der Waals surface area contributed by atoms with Gasteiger partial charge >= 0.3 is 6.03 Å². The summed E-state index contributed by atoms with van der Waals surface area (Å²) in [5.41, 5.74) is 2.21. The predicted octanol–water partition coefficient (Wildman–Crippen LogP) is 2.96. The second kappa shape index (κ2) is 6.64. The fraction of sp³-hybridized carbons (Fsp3) is 0.167. The Labute approximate surface area is 144 Å². The highest BCUT2D eigenvalue weighted by Crippen LogP contribution is 2.23. The van der Waals surface area contributed by atoms with Crippen LogP contribution in [0.3, 0.4) is 0 Å². The van der Waals surface area contributed by atoms with Gasteiger partial charge in [-0.05, 0) is 37.6 Å². The molecule has 2 heterocycles. The molecule has 2 N–H and O–H groups in total. The number of aryl methyl sites for hydroxylation is 2. The number of aromatic nitrogens is 2. The van der Waals surface area contributed by atoms with E-state index in [1.54, 1.807) is 43.5 Å². The van der Waals surface area contributed by atoms with Crippen LogP contribution in [0.1, 0.15) is 11.3 Å². The summed E-state index contributed by atoms with van der Waals surface area (Å²) < 4.78 is 6.61. The van der Waals surface area contributed by atoms with E-state index in [0.717, 1.165) is 5.56 Å². The topological polar surface area (TPSA) is 84.7 Å². The van der Waals surface area contributed by atoms with Gasteiger partial charge in [0.1, 0.15) is 17.1 Å². The molecule has 0 unspecified atom stereocenters. The molecule has 0 radical (unpaired) electrons. The Hall–Kier alpha value is -3.35. The molecule has 0 saturated carbocycles. The maximum absolute atomic E-state index is 12.7. The van der Waals surface area contributed by atoms with Crippen molar-refractivity contribution in [3.63, 3.8) is 0 Å². The first kappa shape index (κ1) is 16.5. The zero-order chi connectivity index (χ0) is 18.0. The van der Waals surface area contributed by atoms with Crippen LogP contribution in [-0.4, -0.2) is 22.5 Å². The molecule has 3 rings (SSSR count). The summed E-state index contributed by atoms with van der Waals surface area (Å²) in [6.45, 7) is 3.56. The molecular formula is C18H18N4O3. The summed E-state index contributed by atoms with van der Waals surface area (Å²) in [5.74, 6) is 0.526. The van der Waals surface area contributed by atoms with Crippen molar-refractivity contribution in [3.8, 4) is 5.75 Å². The van der Waals surface area contributed by atoms with Crippen molar-refractivity contribution in [1.82, 2.24) is 9.38 Å². The highest BCUT2D eigenvalue weighted by Gasteiger charge is 2.14. The van der Waals surface area contributed by atoms with Gasteiger partial charge < -0.3 is 15.4 Å². The number of fused-ring (bicyclic) bond motifs is 1. The number of pyridine rings is 1. The molecule has 0 bridgehead atoms. The van der Waals surface area contributed by atoms with Crippen LogP contribution in [0, 0.1) is 13.8 Å². The van der Waals surface area contributed by atoms with Crippen LogP contribution in [0.5, 0.6) is 5.75 Å². The lowest BCUT2D eigenvalue weighted by Crippen LogP contribution is -2.28. The molecule has 7 heteroatoms. The van der Waals surface area contributed by atoms with Crippen molar-refractivity contribution < 1.29 is 9.53 Å². The van der Waals surface area contributed by atoms with Gasteiger partial charge in [-0.3, -0.25) is 9.20 Å². The van der Waals surface area contributed by atoms with Crippen LogP contribution in [-0.2, 0) is 0 Å². The number of ether oxygens (including phenoxy) is 1. The maximum atomic E-state index is 12.7. The molecule has 2 amide bonds. The van der Waals surface area contributed by atoms with Crippen LogP contribution >= 0.6 is 0 Å². The lowest BCUT2D eigenvalue weighted by Gasteiger charge is -2.12. The largest absolute Gasteiger partial charge is 0.495 e. The van der Waals surface area contributed by atoms with E-state index < -0.39 is 6.03 Å². The third kappa shape index (κ3) is 3.30. The molecule has 1 aromatic carbocycles. The van der Waals surface area contributed by atoms with Crippen LogP contribution in [0.4, 0.5) is 16.2 Å². The van der Waals surface area contributed by atoms with Gasteiger partial charge in [0.25, 0.3) is 5.56 Å². The first-order valence-corrected chi connectivity index (χ1v) is 7.70. The predicted molar refractivity (Wildman–Crippen MR) is 96.6 cm³/mol. The lowest BCUT2D eigenvalue weighted by molar-refractivity contribution is 0.262. The zero-order valence-electron chi connectivity index (χ0n) is 14.2. The van der Waals surface area contributed by atoms with Crippen molar-refractivity contribution in [3.05, 3.63) is 64.2 Å². The Morgan fingerprint density at radius 2 is 1.88 bits per heavy atom. The third-order valence-corrected chi connectivity index (χ3v) is 3.75. The number of carbonyl (C=O) groups excluding carboxylic acids is 1. The van der Waals surface area contributed by atoms with Crippen molar-refractivity contribution in [2.45, 2.75) is 13.8 Å². The number of benzene rings is 1. The average molecular weight is 338 g/mol. The standard InChI is InChI=1S/C18H18N4O3/c1-11-8-9-15-19-12(2)16(17(23)22(15)10-11)21-18(24)20-13-6-4-5-7-14(13)25-3/h4-10H,1-3H3,(H2,20,21,24). The molecule has 0 aliphatic carbocycles. The van der Waals surface area contributed by atoms with Gasteiger partial charge in [-0.1, -0.05) is 18.2 Å². The summed E-state index contributed by atoms with van der Waals surface area (Å²) in [4.78, 5) is 29.3. The molecule has 3 aromatic rings. The first-order valence-electron chi connectivity index (χ1n) is 7.70. The average Bonchev–Trinajstić information content (AvgIpc) is 2.60. The Balaban J connectivity index is 1.92. The van der Waals surface area contributed by atoms with Crippen molar-refractivity contribution in [1.29, 1.82) is 0 Å². The van der Waals surface area contributed by atoms with Crippen molar-refractivity contribution in [2.24, 2.45) is 0 Å². The van der Waals surface area contributed by atoms with Crippen molar-refractivity contribution in [2.75, 3.05) is 17.7 Å². The van der Waals surface area contributed by atoms with E-state index >= 15 is 0 Å². The molecule has 0 aliphatic rings. The van der Waals surface area contributed by atoms with E-state index in [1.165, 1.54) is 11.5 Å². The highest BCUT2D eigenvalue weighted by atomic mass is 16.5. The van der Waals surface area contributed by atoms with E-state index in [-0.39, 0.29) is 11.2 Å². The number of methoxy groups -OCH3 is 1. The number of anilines is 2. The summed E-state index contributed by atoms with van der Waals surface area (Å²) >= 11 is 0. The number of para-hydroxylation sites is 2. The fourth-order valence-electron chi connectivity index (χ4n) is 2.51. The number of hydrogen-bond donors (Lipinski definition) is 2. The number of carbonyl (C=O) groups is 1. The second-order valence-electron chi connectivity index (χ2n) is 5.59. The summed E-state index contributed by atoms with van der Waals surface area (Å²) in [5, 5.41) is 5.26. The highest BCUT2D eigenvalue weighted by molar-refractivity contribution is 6.00. The summed E-state index contributed by atoms with van der Waals surface area (Å²) in [6, 6.07) is 10.1. The molecule has 0 saturated heterocycles. The molecule has 0 aliphatic heterocycles. The number of rotatable bonds is 3. The van der Waals surface area contributed by atoms with Crippen LogP contribution in [0.2, 0.25) is 0 Å². The normalized spacial score (nSPS) is 10.5. The van der Waals surface area contributed by atoms with Gasteiger partial charge in [-0.2, -0.15) is 0 Å². The number of hydrogen-bond acceptors (Lipinski definition) is 4. The quantitative estimate of drug-likeness (QED) is 0.769. The van der Waals surface area contributed by atoms with Gasteiger partial charge in [0.15, 0.2) is 0 Å². The molecule has 0 fully saturated rings. The number of urea groups is 1. The minimum Gasteiger partial charge on any atom is -0.495 e. The molecule has 7 nitrogen and oxygen atoms in total. The zero-order valence-corrected chi connectivity index (χ0v) is 14.2. The Morgan fingerprint density at radius 1 is 1.12 bits per heavy atom. The number of nitrogens with one attached hydrogen (secondary N) is 2. The van der Waals surface area contributed by atoms with E-state index in [9.17, 15) is 9.59 Å². The van der Waals surface area contributed by atoms with E-state index in [1.807, 2.05) is 13.0 Å². The second-order valence-corrected chi connectivity index (χ2v) is 5.59. The van der Waals surface area contributed by atoms with E-state index in [4.69, 9.17) is 4.74 Å². The van der Waals surface area contributed by atoms with Crippen LogP contribution in [0.25, 0.3) is 5.65 Å². The molecule has 0 atom stereocenters. The minimum atomic E-state index is -0.542. The van der Waals surface area contributed by atoms with Gasteiger partial charge in [0, 0.05) is 6.20 Å². The van der Waals surface area contributed by atoms with Crippen LogP contribution < -0.4 is 20.9 Å². The van der Waals surface area contributed by atoms with Gasteiger partial charge in [-0.15, -0.1) is 0 Å². The number of nitrogens with zero attached hydrogens (tertiary/aromatic N) is 2. The minimum absolute atomic E-state index is 0.135. The Bertz CT molecular complexity index is 1010. The number of amides is 2. The molecule has 2 aromatic heterocycles. The third-order valence-electron chi connectivity index (χ3n) is 3.75. The summed E-state index contributed by atoms with van der Waals surface area (Å²) in [6.07, 6.45) is 1.69. The molecule has 0 spiro atoms. The lowest BCUT2D eigenvalue weighted by atomic mass is 10.3. The van der Waals surface area contributed by atoms with Crippen molar-refractivity contribution >= 4 is 23.1 Å². The Morgan fingerprint density at radius 3 is 2.64 bits per heavy atom. The smallest absolute Gasteiger partial charge is 0.323 e. The molecule has 25 heavy (non-hydrogen) atoms. The summed E-state index contributed by atoms with van der Waals surface area (Å²) in [7, 11) is 1.52. The SMILES string of the molecule is COc1ccccc1NC(=O)Nc1c(C)nc2ccc(C)cn2c1=O. The first-order chi connectivity index (χ1) is 12.0. The fourth-order valence-corrected chi connectivity index (χ4v) is 2.51. The van der Waals surface area contributed by atoms with E-state index in [0.29, 0.717) is 22.8 Å². The molecular weight excluding hydrogens is 320 g/mol. The molecule has 128 valence electrons. The maximum Gasteiger partial charge on any atom is 0.323 e. The van der Waals surface area contributed by atoms with Gasteiger partial charge in [0.2, 0.25) is 0 Å².